The maximum atomic E-state index is 11.6. The van der Waals surface area contributed by atoms with E-state index in [4.69, 9.17) is 4.99 Å². The zero-order valence-corrected chi connectivity index (χ0v) is 19.9. The van der Waals surface area contributed by atoms with Crippen molar-refractivity contribution in [3.05, 3.63) is 81.2 Å². The summed E-state index contributed by atoms with van der Waals surface area (Å²) in [4.78, 5) is 17.5. The zero-order valence-electron chi connectivity index (χ0n) is 19.1. The monoisotopic (exact) mass is 484 g/mol. The smallest absolute Gasteiger partial charge is 0.406 e. The highest BCUT2D eigenvalue weighted by atomic mass is 32.1. The highest BCUT2D eigenvalue weighted by Gasteiger charge is 2.32. The lowest BCUT2D eigenvalue weighted by atomic mass is 9.96. The summed E-state index contributed by atoms with van der Waals surface area (Å²) in [5.41, 5.74) is 5.30. The van der Waals surface area contributed by atoms with Crippen LogP contribution in [0.25, 0.3) is 16.1 Å². The molecule has 0 saturated carbocycles. The van der Waals surface area contributed by atoms with Gasteiger partial charge >= 0.3 is 6.09 Å². The second-order valence-electron chi connectivity index (χ2n) is 8.16. The molecule has 3 N–H and O–H groups in total. The van der Waals surface area contributed by atoms with Crippen LogP contribution < -0.4 is 5.32 Å². The molecule has 2 aromatic heterocycles. The van der Waals surface area contributed by atoms with Crippen LogP contribution in [-0.2, 0) is 0 Å². The molecule has 0 fully saturated rings. The number of nitrogens with zero attached hydrogens (tertiary/aromatic N) is 5. The van der Waals surface area contributed by atoms with E-state index >= 15 is 0 Å². The van der Waals surface area contributed by atoms with Crippen LogP contribution in [-0.4, -0.2) is 36.8 Å². The number of phenols is 1. The predicted molar refractivity (Wildman–Crippen MR) is 131 cm³/mol. The number of aromatic hydroxyl groups is 1. The van der Waals surface area contributed by atoms with E-state index in [1.165, 1.54) is 6.07 Å². The molecule has 9 nitrogen and oxygen atoms in total. The van der Waals surface area contributed by atoms with E-state index in [2.05, 4.69) is 15.5 Å². The first-order valence-electron chi connectivity index (χ1n) is 10.7. The first-order valence-corrected chi connectivity index (χ1v) is 11.5. The van der Waals surface area contributed by atoms with E-state index in [1.54, 1.807) is 23.5 Å². The first-order chi connectivity index (χ1) is 16.8. The van der Waals surface area contributed by atoms with E-state index < -0.39 is 12.3 Å². The maximum Gasteiger partial charge on any atom is 0.406 e. The van der Waals surface area contributed by atoms with Crippen LogP contribution in [0.1, 0.15) is 44.9 Å². The molecule has 1 atom stereocenters. The molecule has 0 radical (unpaired) electrons. The first kappa shape index (κ1) is 22.3. The van der Waals surface area contributed by atoms with Crippen LogP contribution in [0.3, 0.4) is 0 Å². The number of phenolic OH excluding ortho intramolecular Hbond substituents is 1. The second-order valence-corrected chi connectivity index (χ2v) is 9.36. The molecule has 0 saturated heterocycles. The Balaban J connectivity index is 1.66. The molecule has 2 aromatic carbocycles. The Morgan fingerprint density at radius 2 is 1.77 bits per heavy atom. The Kier molecular flexibility index (Phi) is 5.34. The Bertz CT molecular complexity index is 1560. The molecule has 4 aromatic rings. The van der Waals surface area contributed by atoms with Crippen LogP contribution in [0, 0.1) is 32.1 Å². The lowest BCUT2D eigenvalue weighted by Crippen LogP contribution is -2.27. The summed E-state index contributed by atoms with van der Waals surface area (Å²) in [7, 11) is 0. The van der Waals surface area contributed by atoms with Gasteiger partial charge in [0.1, 0.15) is 22.6 Å². The fourth-order valence-corrected chi connectivity index (χ4v) is 5.38. The number of carboxylic acid groups (broad SMARTS) is 1. The van der Waals surface area contributed by atoms with E-state index in [1.807, 2.05) is 55.7 Å². The topological polar surface area (TPSA) is 136 Å². The molecule has 0 bridgehead atoms. The van der Waals surface area contributed by atoms with Gasteiger partial charge in [0.05, 0.1) is 11.3 Å². The number of carbonyl (C=O) groups is 1. The van der Waals surface area contributed by atoms with Crippen LogP contribution in [0.5, 0.6) is 5.75 Å². The highest BCUT2D eigenvalue weighted by Crippen LogP contribution is 2.38. The van der Waals surface area contributed by atoms with Crippen molar-refractivity contribution in [2.24, 2.45) is 4.99 Å². The van der Waals surface area contributed by atoms with Crippen molar-refractivity contribution < 1.29 is 15.0 Å². The average Bonchev–Trinajstić information content (AvgIpc) is 3.31. The number of rotatable bonds is 3. The van der Waals surface area contributed by atoms with Gasteiger partial charge in [-0.15, -0.1) is 21.5 Å². The molecule has 0 spiro atoms. The Labute approximate surface area is 204 Å². The van der Waals surface area contributed by atoms with E-state index in [0.717, 1.165) is 37.7 Å². The van der Waals surface area contributed by atoms with Gasteiger partial charge in [-0.25, -0.2) is 4.79 Å². The number of fused-ring (bicyclic) bond motifs is 3. The van der Waals surface area contributed by atoms with Gasteiger partial charge in [-0.05, 0) is 49.6 Å². The van der Waals surface area contributed by atoms with Gasteiger partial charge in [0.2, 0.25) is 0 Å². The summed E-state index contributed by atoms with van der Waals surface area (Å²) in [6.45, 7) is 5.90. The number of amides is 1. The maximum absolute atomic E-state index is 11.6. The molecule has 1 amide bonds. The van der Waals surface area contributed by atoms with Crippen LogP contribution in [0.2, 0.25) is 0 Å². The second kappa shape index (κ2) is 8.38. The van der Waals surface area contributed by atoms with E-state index in [0.29, 0.717) is 17.4 Å². The van der Waals surface area contributed by atoms with Gasteiger partial charge in [-0.1, -0.05) is 30.3 Å². The number of aliphatic imine (C=N–C) groups is 1. The predicted octanol–water partition coefficient (Wildman–Crippen LogP) is 4.62. The lowest BCUT2D eigenvalue weighted by Gasteiger charge is -2.13. The number of benzene rings is 2. The van der Waals surface area contributed by atoms with Gasteiger partial charge in [0.15, 0.2) is 12.0 Å². The highest BCUT2D eigenvalue weighted by molar-refractivity contribution is 7.15. The van der Waals surface area contributed by atoms with Crippen LogP contribution >= 0.6 is 11.3 Å². The molecule has 1 aliphatic heterocycles. The van der Waals surface area contributed by atoms with Crippen molar-refractivity contribution >= 4 is 23.1 Å². The van der Waals surface area contributed by atoms with Crippen molar-refractivity contribution in [3.63, 3.8) is 0 Å². The third-order valence-electron chi connectivity index (χ3n) is 6.03. The molecule has 1 aliphatic rings. The number of aromatic nitrogens is 3. The number of hydrogen-bond acceptors (Lipinski definition) is 7. The fourth-order valence-electron chi connectivity index (χ4n) is 4.16. The molecule has 3 heterocycles. The Morgan fingerprint density at radius 1 is 1.09 bits per heavy atom. The number of hydrogen-bond donors (Lipinski definition) is 3. The van der Waals surface area contributed by atoms with E-state index in [9.17, 15) is 20.3 Å². The summed E-state index contributed by atoms with van der Waals surface area (Å²) in [5, 5.41) is 40.3. The molecule has 5 rings (SSSR count). The van der Waals surface area contributed by atoms with Crippen molar-refractivity contribution in [1.29, 1.82) is 5.26 Å². The summed E-state index contributed by atoms with van der Waals surface area (Å²) >= 11 is 1.59. The standard InChI is InChI=1S/C25H20N6O3S/c1-12-13(2)35-24-20(12)21(27-22(28-25(33)34)23-30-29-14(3)31(23)24)16-6-4-15(5-7-16)17-8-9-19(32)18(10-17)11-26/h4-10,22,28,32H,1-3H3,(H,33,34). The largest absolute Gasteiger partial charge is 0.507 e. The third-order valence-corrected chi connectivity index (χ3v) is 7.22. The van der Waals surface area contributed by atoms with Crippen molar-refractivity contribution in [2.45, 2.75) is 26.9 Å². The van der Waals surface area contributed by atoms with Crippen molar-refractivity contribution in [2.75, 3.05) is 0 Å². The molecular weight excluding hydrogens is 464 g/mol. The van der Waals surface area contributed by atoms with Crippen LogP contribution in [0.4, 0.5) is 4.79 Å². The molecule has 1 unspecified atom stereocenters. The molecule has 174 valence electrons. The minimum atomic E-state index is -1.21. The summed E-state index contributed by atoms with van der Waals surface area (Å²) in [5.74, 6) is 0.995. The average molecular weight is 485 g/mol. The van der Waals surface area contributed by atoms with Crippen molar-refractivity contribution in [1.82, 2.24) is 20.1 Å². The molecule has 0 aliphatic carbocycles. The molecule has 35 heavy (non-hydrogen) atoms. The Hall–Kier alpha value is -4.49. The SMILES string of the molecule is Cc1sc2c(c1C)C(c1ccc(-c3ccc(O)c(C#N)c3)cc1)=NC(NC(=O)O)c1nnc(C)n1-2. The summed E-state index contributed by atoms with van der Waals surface area (Å²) in [6.07, 6.45) is -2.14. The molecular formula is C25H20N6O3S. The minimum absolute atomic E-state index is 0.0595. The number of thiophene rings is 1. The third kappa shape index (κ3) is 3.72. The fraction of sp³-hybridized carbons (Fsp3) is 0.160. The number of nitrogens with one attached hydrogen (secondary N) is 1. The van der Waals surface area contributed by atoms with Gasteiger partial charge in [-0.2, -0.15) is 5.26 Å². The van der Waals surface area contributed by atoms with Gasteiger partial charge < -0.3 is 10.2 Å². The zero-order chi connectivity index (χ0) is 24.9. The minimum Gasteiger partial charge on any atom is -0.507 e. The van der Waals surface area contributed by atoms with Gasteiger partial charge in [0, 0.05) is 16.0 Å². The van der Waals surface area contributed by atoms with Crippen LogP contribution in [0.15, 0.2) is 47.5 Å². The number of nitriles is 1. The Morgan fingerprint density at radius 3 is 2.46 bits per heavy atom. The normalized spacial score (nSPS) is 14.3. The quantitative estimate of drug-likeness (QED) is 0.388. The summed E-state index contributed by atoms with van der Waals surface area (Å²) in [6, 6.07) is 14.5. The number of aryl methyl sites for hydroxylation is 2. The van der Waals surface area contributed by atoms with Gasteiger partial charge in [0.25, 0.3) is 0 Å². The van der Waals surface area contributed by atoms with Gasteiger partial charge in [-0.3, -0.25) is 14.9 Å². The molecule has 10 heteroatoms. The summed E-state index contributed by atoms with van der Waals surface area (Å²) < 4.78 is 1.87. The van der Waals surface area contributed by atoms with Crippen molar-refractivity contribution in [3.8, 4) is 27.9 Å². The lowest BCUT2D eigenvalue weighted by molar-refractivity contribution is 0.189. The van der Waals surface area contributed by atoms with E-state index in [-0.39, 0.29) is 11.3 Å².